The number of methoxy groups -OCH3 is 1. The molecule has 1 aliphatic heterocycles. The molecule has 4 rings (SSSR count). The lowest BCUT2D eigenvalue weighted by Gasteiger charge is -2.15. The normalized spacial score (nSPS) is 16.7. The molecule has 30 heavy (non-hydrogen) atoms. The van der Waals surface area contributed by atoms with E-state index in [-0.39, 0.29) is 5.91 Å². The minimum absolute atomic E-state index is 0.240. The zero-order valence-corrected chi connectivity index (χ0v) is 17.5. The molecule has 1 N–H and O–H groups in total. The largest absolute Gasteiger partial charge is 0.466 e. The first-order valence-corrected chi connectivity index (χ1v) is 10.4. The number of aromatic nitrogens is 1. The Morgan fingerprint density at radius 3 is 2.73 bits per heavy atom. The molecule has 1 aliphatic rings. The average molecular weight is 420 g/mol. The van der Waals surface area contributed by atoms with Gasteiger partial charge in [0.1, 0.15) is 0 Å². The number of amides is 1. The molecule has 1 amide bonds. The molecule has 0 atom stereocenters. The summed E-state index contributed by atoms with van der Waals surface area (Å²) in [6.45, 7) is 2.46. The molecule has 152 valence electrons. The van der Waals surface area contributed by atoms with Gasteiger partial charge in [0.2, 0.25) is 0 Å². The number of esters is 1. The van der Waals surface area contributed by atoms with Gasteiger partial charge in [0.05, 0.1) is 17.7 Å². The second-order valence-corrected chi connectivity index (χ2v) is 7.94. The van der Waals surface area contributed by atoms with E-state index < -0.39 is 5.97 Å². The number of aliphatic imine (C=N–C) groups is 1. The first-order chi connectivity index (χ1) is 14.5. The molecule has 6 nitrogen and oxygen atoms in total. The zero-order valence-electron chi connectivity index (χ0n) is 16.7. The minimum Gasteiger partial charge on any atom is -0.466 e. The van der Waals surface area contributed by atoms with Crippen LogP contribution < -0.4 is 0 Å². The summed E-state index contributed by atoms with van der Waals surface area (Å²) in [5.41, 5.74) is 4.09. The SMILES string of the molecule is COC(=O)/C=C1/SC(=Nc2ccc(C)cc2)N(CCc2c[nH]c3ccccc23)C1=O. The van der Waals surface area contributed by atoms with Crippen molar-refractivity contribution in [2.24, 2.45) is 4.99 Å². The Morgan fingerprint density at radius 2 is 1.97 bits per heavy atom. The standard InChI is InChI=1S/C23H21N3O3S/c1-15-7-9-17(10-8-15)25-23-26(22(28)20(30-23)13-21(27)29-2)12-11-16-14-24-19-6-4-3-5-18(16)19/h3-10,13-14,24H,11-12H2,1-2H3/b20-13+,25-23?. The Morgan fingerprint density at radius 1 is 1.20 bits per heavy atom. The number of benzene rings is 2. The van der Waals surface area contributed by atoms with E-state index in [0.29, 0.717) is 23.0 Å². The van der Waals surface area contributed by atoms with Crippen LogP contribution in [0.5, 0.6) is 0 Å². The number of carbonyl (C=O) groups excluding carboxylic acids is 2. The second kappa shape index (κ2) is 8.59. The van der Waals surface area contributed by atoms with Crippen LogP contribution in [0.3, 0.4) is 0 Å². The third-order valence-electron chi connectivity index (χ3n) is 4.88. The Kier molecular flexibility index (Phi) is 5.72. The van der Waals surface area contributed by atoms with E-state index in [2.05, 4.69) is 20.8 Å². The topological polar surface area (TPSA) is 74.8 Å². The summed E-state index contributed by atoms with van der Waals surface area (Å²) in [5.74, 6) is -0.796. The lowest BCUT2D eigenvalue weighted by molar-refractivity contribution is -0.135. The van der Waals surface area contributed by atoms with Crippen LogP contribution in [0.25, 0.3) is 10.9 Å². The van der Waals surface area contributed by atoms with Crippen molar-refractivity contribution in [2.45, 2.75) is 13.3 Å². The van der Waals surface area contributed by atoms with Crippen LogP contribution >= 0.6 is 11.8 Å². The molecule has 0 aliphatic carbocycles. The average Bonchev–Trinajstić information content (AvgIpc) is 3.29. The number of aromatic amines is 1. The molecule has 3 aromatic rings. The van der Waals surface area contributed by atoms with E-state index in [1.165, 1.54) is 24.9 Å². The molecule has 2 heterocycles. The molecule has 0 saturated carbocycles. The van der Waals surface area contributed by atoms with Crippen molar-refractivity contribution in [3.8, 4) is 0 Å². The molecule has 7 heteroatoms. The first kappa shape index (κ1) is 20.0. The van der Waals surface area contributed by atoms with Crippen molar-refractivity contribution in [3.63, 3.8) is 0 Å². The van der Waals surface area contributed by atoms with Gasteiger partial charge in [-0.15, -0.1) is 0 Å². The monoisotopic (exact) mass is 419 g/mol. The van der Waals surface area contributed by atoms with Crippen LogP contribution in [0.4, 0.5) is 5.69 Å². The van der Waals surface area contributed by atoms with Gasteiger partial charge in [-0.1, -0.05) is 35.9 Å². The minimum atomic E-state index is -0.556. The van der Waals surface area contributed by atoms with Crippen molar-refractivity contribution < 1.29 is 14.3 Å². The highest BCUT2D eigenvalue weighted by Gasteiger charge is 2.34. The summed E-state index contributed by atoms with van der Waals surface area (Å²) < 4.78 is 4.69. The van der Waals surface area contributed by atoms with E-state index in [4.69, 9.17) is 0 Å². The first-order valence-electron chi connectivity index (χ1n) is 9.55. The number of nitrogens with zero attached hydrogens (tertiary/aromatic N) is 2. The highest BCUT2D eigenvalue weighted by Crippen LogP contribution is 2.33. The van der Waals surface area contributed by atoms with Gasteiger partial charge in [-0.25, -0.2) is 9.79 Å². The van der Waals surface area contributed by atoms with Crippen LogP contribution in [0, 0.1) is 6.92 Å². The Balaban J connectivity index is 1.62. The number of thioether (sulfide) groups is 1. The number of rotatable bonds is 5. The van der Waals surface area contributed by atoms with Gasteiger partial charge in [0.15, 0.2) is 5.17 Å². The fraction of sp³-hybridized carbons (Fsp3) is 0.174. The Bertz CT molecular complexity index is 1160. The summed E-state index contributed by atoms with van der Waals surface area (Å²) >= 11 is 1.19. The van der Waals surface area contributed by atoms with Crippen molar-refractivity contribution >= 4 is 45.4 Å². The van der Waals surface area contributed by atoms with E-state index in [0.717, 1.165) is 27.7 Å². The van der Waals surface area contributed by atoms with Gasteiger partial charge in [0.25, 0.3) is 5.91 Å². The highest BCUT2D eigenvalue weighted by molar-refractivity contribution is 8.18. The third-order valence-corrected chi connectivity index (χ3v) is 5.88. The number of carbonyl (C=O) groups is 2. The fourth-order valence-corrected chi connectivity index (χ4v) is 4.24. The highest BCUT2D eigenvalue weighted by atomic mass is 32.2. The summed E-state index contributed by atoms with van der Waals surface area (Å²) in [7, 11) is 1.29. The van der Waals surface area contributed by atoms with Crippen molar-refractivity contribution in [2.75, 3.05) is 13.7 Å². The number of H-pyrrole nitrogens is 1. The van der Waals surface area contributed by atoms with Gasteiger partial charge < -0.3 is 9.72 Å². The maximum Gasteiger partial charge on any atom is 0.331 e. The molecule has 2 aromatic carbocycles. The summed E-state index contributed by atoms with van der Waals surface area (Å²) in [6.07, 6.45) is 3.86. The molecule has 1 aromatic heterocycles. The Hall–Kier alpha value is -3.32. The fourth-order valence-electron chi connectivity index (χ4n) is 3.25. The zero-order chi connectivity index (χ0) is 21.1. The van der Waals surface area contributed by atoms with Gasteiger partial charge in [-0.05, 0) is 48.9 Å². The molecule has 0 spiro atoms. The summed E-state index contributed by atoms with van der Waals surface area (Å²) in [6, 6.07) is 15.8. The number of nitrogens with one attached hydrogen (secondary N) is 1. The Labute approximate surface area is 178 Å². The van der Waals surface area contributed by atoms with E-state index in [1.807, 2.05) is 55.6 Å². The van der Waals surface area contributed by atoms with Crippen LogP contribution in [0.15, 0.2) is 70.7 Å². The van der Waals surface area contributed by atoms with Crippen LogP contribution in [0.2, 0.25) is 0 Å². The molecule has 0 unspecified atom stereocenters. The second-order valence-electron chi connectivity index (χ2n) is 6.93. The number of para-hydroxylation sites is 1. The van der Waals surface area contributed by atoms with Crippen LogP contribution in [-0.2, 0) is 20.7 Å². The maximum absolute atomic E-state index is 13.0. The quantitative estimate of drug-likeness (QED) is 0.493. The number of aryl methyl sites for hydroxylation is 1. The number of hydrogen-bond donors (Lipinski definition) is 1. The number of amidine groups is 1. The number of ether oxygens (including phenoxy) is 1. The predicted molar refractivity (Wildman–Crippen MR) is 120 cm³/mol. The lowest BCUT2D eigenvalue weighted by atomic mass is 10.1. The van der Waals surface area contributed by atoms with Crippen LogP contribution in [-0.4, -0.2) is 40.6 Å². The molecule has 1 saturated heterocycles. The van der Waals surface area contributed by atoms with Gasteiger partial charge in [0, 0.05) is 29.7 Å². The molecular formula is C23H21N3O3S. The predicted octanol–water partition coefficient (Wildman–Crippen LogP) is 4.34. The van der Waals surface area contributed by atoms with Gasteiger partial charge in [-0.2, -0.15) is 0 Å². The van der Waals surface area contributed by atoms with Crippen molar-refractivity contribution in [1.29, 1.82) is 0 Å². The van der Waals surface area contributed by atoms with Crippen molar-refractivity contribution in [3.05, 3.63) is 76.8 Å². The lowest BCUT2D eigenvalue weighted by Crippen LogP contribution is -2.31. The molecular weight excluding hydrogens is 398 g/mol. The summed E-state index contributed by atoms with van der Waals surface area (Å²) in [4.78, 5) is 34.5. The van der Waals surface area contributed by atoms with E-state index in [9.17, 15) is 9.59 Å². The summed E-state index contributed by atoms with van der Waals surface area (Å²) in [5, 5.41) is 1.69. The van der Waals surface area contributed by atoms with Gasteiger partial charge in [-0.3, -0.25) is 9.69 Å². The molecule has 1 fully saturated rings. The van der Waals surface area contributed by atoms with E-state index in [1.54, 1.807) is 4.90 Å². The smallest absolute Gasteiger partial charge is 0.331 e. The molecule has 0 bridgehead atoms. The van der Waals surface area contributed by atoms with E-state index >= 15 is 0 Å². The number of fused-ring (bicyclic) bond motifs is 1. The van der Waals surface area contributed by atoms with Gasteiger partial charge >= 0.3 is 5.97 Å². The number of hydrogen-bond acceptors (Lipinski definition) is 5. The van der Waals surface area contributed by atoms with Crippen molar-refractivity contribution in [1.82, 2.24) is 9.88 Å². The molecule has 0 radical (unpaired) electrons. The third kappa shape index (κ3) is 4.16. The maximum atomic E-state index is 13.0. The van der Waals surface area contributed by atoms with Crippen LogP contribution in [0.1, 0.15) is 11.1 Å².